The molecule has 0 aliphatic carbocycles. The van der Waals surface area contributed by atoms with Gasteiger partial charge in [0.2, 0.25) is 5.82 Å². The lowest BCUT2D eigenvalue weighted by Gasteiger charge is -2.35. The van der Waals surface area contributed by atoms with Crippen LogP contribution in [0.2, 0.25) is 0 Å². The van der Waals surface area contributed by atoms with Gasteiger partial charge in [0.25, 0.3) is 5.91 Å². The highest BCUT2D eigenvalue weighted by Gasteiger charge is 2.26. The summed E-state index contributed by atoms with van der Waals surface area (Å²) in [5.41, 5.74) is 1.18. The zero-order valence-electron chi connectivity index (χ0n) is 15.3. The summed E-state index contributed by atoms with van der Waals surface area (Å²) in [6, 6.07) is 12.5. The van der Waals surface area contributed by atoms with E-state index < -0.39 is 0 Å². The van der Waals surface area contributed by atoms with E-state index in [9.17, 15) is 13.6 Å². The summed E-state index contributed by atoms with van der Waals surface area (Å²) in [7, 11) is 0. The maximum Gasteiger partial charge on any atom is 0.293 e. The van der Waals surface area contributed by atoms with Crippen LogP contribution in [0, 0.1) is 18.6 Å². The second-order valence-electron chi connectivity index (χ2n) is 6.60. The van der Waals surface area contributed by atoms with Gasteiger partial charge in [-0.2, -0.15) is 0 Å². The molecule has 1 aliphatic heterocycles. The normalized spacial score (nSPS) is 14.4. The molecule has 0 unspecified atom stereocenters. The van der Waals surface area contributed by atoms with Crippen molar-refractivity contribution in [3.8, 4) is 5.69 Å². The summed E-state index contributed by atoms with van der Waals surface area (Å²) in [5, 5.41) is 4.29. The van der Waals surface area contributed by atoms with Crippen LogP contribution in [0.5, 0.6) is 0 Å². The summed E-state index contributed by atoms with van der Waals surface area (Å²) >= 11 is 0. The maximum absolute atomic E-state index is 14.0. The highest BCUT2D eigenvalue weighted by molar-refractivity contribution is 5.90. The van der Waals surface area contributed by atoms with E-state index in [0.717, 1.165) is 0 Å². The van der Waals surface area contributed by atoms with Crippen molar-refractivity contribution in [2.45, 2.75) is 6.92 Å². The molecule has 2 aromatic carbocycles. The second-order valence-corrected chi connectivity index (χ2v) is 6.60. The van der Waals surface area contributed by atoms with Crippen molar-refractivity contribution in [1.82, 2.24) is 19.7 Å². The van der Waals surface area contributed by atoms with Gasteiger partial charge < -0.3 is 9.80 Å². The third-order valence-corrected chi connectivity index (χ3v) is 4.79. The fourth-order valence-electron chi connectivity index (χ4n) is 3.31. The number of halogens is 2. The van der Waals surface area contributed by atoms with E-state index in [1.54, 1.807) is 42.2 Å². The van der Waals surface area contributed by atoms with Crippen molar-refractivity contribution in [3.05, 3.63) is 71.8 Å². The number of carbonyl (C=O) groups excluding carboxylic acids is 1. The van der Waals surface area contributed by atoms with Gasteiger partial charge in [-0.3, -0.25) is 4.79 Å². The van der Waals surface area contributed by atoms with Gasteiger partial charge in [0, 0.05) is 26.2 Å². The molecule has 0 spiro atoms. The number of nitrogens with zero attached hydrogens (tertiary/aromatic N) is 5. The quantitative estimate of drug-likeness (QED) is 0.698. The Balaban J connectivity index is 1.47. The lowest BCUT2D eigenvalue weighted by atomic mass is 10.2. The molecule has 1 saturated heterocycles. The fraction of sp³-hybridized carbons (Fsp3) is 0.250. The number of anilines is 1. The Hall–Kier alpha value is -3.29. The lowest BCUT2D eigenvalue weighted by Crippen LogP contribution is -2.49. The van der Waals surface area contributed by atoms with E-state index in [1.807, 2.05) is 4.90 Å². The van der Waals surface area contributed by atoms with Crippen LogP contribution in [0.25, 0.3) is 5.69 Å². The van der Waals surface area contributed by atoms with Crippen LogP contribution in [0.3, 0.4) is 0 Å². The molecule has 1 aromatic heterocycles. The third kappa shape index (κ3) is 3.45. The van der Waals surface area contributed by atoms with Crippen LogP contribution < -0.4 is 4.90 Å². The minimum atomic E-state index is -0.342. The van der Waals surface area contributed by atoms with E-state index in [1.165, 1.54) is 22.9 Å². The average molecular weight is 383 g/mol. The largest absolute Gasteiger partial charge is 0.366 e. The summed E-state index contributed by atoms with van der Waals surface area (Å²) in [4.78, 5) is 20.7. The number of carbonyl (C=O) groups is 1. The van der Waals surface area contributed by atoms with Crippen LogP contribution in [0.15, 0.2) is 48.5 Å². The highest BCUT2D eigenvalue weighted by atomic mass is 19.1. The number of hydrogen-bond acceptors (Lipinski definition) is 4. The first-order valence-electron chi connectivity index (χ1n) is 9.01. The van der Waals surface area contributed by atoms with E-state index in [0.29, 0.717) is 43.4 Å². The van der Waals surface area contributed by atoms with Gasteiger partial charge in [-0.25, -0.2) is 18.4 Å². The van der Waals surface area contributed by atoms with Gasteiger partial charge in [0.15, 0.2) is 0 Å². The predicted octanol–water partition coefficient (Wildman–Crippen LogP) is 2.82. The van der Waals surface area contributed by atoms with E-state index >= 15 is 0 Å². The van der Waals surface area contributed by atoms with Gasteiger partial charge in [-0.1, -0.05) is 12.1 Å². The molecule has 0 radical (unpaired) electrons. The molecule has 144 valence electrons. The van der Waals surface area contributed by atoms with Crippen molar-refractivity contribution in [3.63, 3.8) is 0 Å². The molecule has 1 fully saturated rings. The molecule has 0 saturated carbocycles. The predicted molar refractivity (Wildman–Crippen MR) is 101 cm³/mol. The third-order valence-electron chi connectivity index (χ3n) is 4.79. The van der Waals surface area contributed by atoms with Gasteiger partial charge in [0.1, 0.15) is 17.5 Å². The molecular weight excluding hydrogens is 364 g/mol. The first kappa shape index (κ1) is 18.1. The van der Waals surface area contributed by atoms with Crippen molar-refractivity contribution in [1.29, 1.82) is 0 Å². The molecule has 1 aliphatic rings. The number of rotatable bonds is 3. The number of amides is 1. The summed E-state index contributed by atoms with van der Waals surface area (Å²) in [6.07, 6.45) is 0. The Kier molecular flexibility index (Phi) is 4.77. The van der Waals surface area contributed by atoms with E-state index in [4.69, 9.17) is 0 Å². The minimum absolute atomic E-state index is 0.0983. The molecule has 3 aromatic rings. The summed E-state index contributed by atoms with van der Waals surface area (Å²) in [6.45, 7) is 3.71. The second kappa shape index (κ2) is 7.38. The van der Waals surface area contributed by atoms with Crippen LogP contribution in [0.4, 0.5) is 14.5 Å². The first-order valence-corrected chi connectivity index (χ1v) is 9.01. The average Bonchev–Trinajstić information content (AvgIpc) is 3.10. The van der Waals surface area contributed by atoms with Gasteiger partial charge in [0.05, 0.1) is 11.4 Å². The fourth-order valence-corrected chi connectivity index (χ4v) is 3.31. The van der Waals surface area contributed by atoms with Crippen LogP contribution in [0.1, 0.15) is 16.4 Å². The summed E-state index contributed by atoms with van der Waals surface area (Å²) < 4.78 is 28.6. The topological polar surface area (TPSA) is 54.3 Å². The number of aryl methyl sites for hydroxylation is 1. The molecular formula is C20H19F2N5O. The Morgan fingerprint density at radius 2 is 1.64 bits per heavy atom. The number of aromatic nitrogens is 3. The zero-order chi connectivity index (χ0) is 19.7. The number of benzene rings is 2. The SMILES string of the molecule is Cc1nc(C(=O)N2CCN(c3ccccc3F)CC2)nn1-c1ccc(F)cc1. The van der Waals surface area contributed by atoms with E-state index in [-0.39, 0.29) is 23.4 Å². The standard InChI is InChI=1S/C20H19F2N5O/c1-14-23-19(24-27(14)16-8-6-15(21)7-9-16)20(28)26-12-10-25(11-13-26)18-5-3-2-4-17(18)22/h2-9H,10-13H2,1H3. The van der Waals surface area contributed by atoms with Gasteiger partial charge in [-0.05, 0) is 43.3 Å². The van der Waals surface area contributed by atoms with Crippen molar-refractivity contribution < 1.29 is 13.6 Å². The first-order chi connectivity index (χ1) is 13.5. The van der Waals surface area contributed by atoms with Crippen LogP contribution >= 0.6 is 0 Å². The number of hydrogen-bond donors (Lipinski definition) is 0. The maximum atomic E-state index is 14.0. The van der Waals surface area contributed by atoms with Crippen LogP contribution in [-0.4, -0.2) is 51.8 Å². The van der Waals surface area contributed by atoms with Crippen molar-refractivity contribution >= 4 is 11.6 Å². The Bertz CT molecular complexity index is 994. The molecule has 1 amide bonds. The summed E-state index contributed by atoms with van der Waals surface area (Å²) in [5.74, 6) is -0.235. The Morgan fingerprint density at radius 3 is 2.32 bits per heavy atom. The van der Waals surface area contributed by atoms with Gasteiger partial charge >= 0.3 is 0 Å². The Morgan fingerprint density at radius 1 is 0.964 bits per heavy atom. The molecule has 0 bridgehead atoms. The lowest BCUT2D eigenvalue weighted by molar-refractivity contribution is 0.0734. The monoisotopic (exact) mass is 383 g/mol. The molecule has 4 rings (SSSR count). The molecule has 28 heavy (non-hydrogen) atoms. The number of para-hydroxylation sites is 1. The zero-order valence-corrected chi connectivity index (χ0v) is 15.3. The number of piperazine rings is 1. The van der Waals surface area contributed by atoms with E-state index in [2.05, 4.69) is 10.1 Å². The minimum Gasteiger partial charge on any atom is -0.366 e. The van der Waals surface area contributed by atoms with Gasteiger partial charge in [-0.15, -0.1) is 5.10 Å². The smallest absolute Gasteiger partial charge is 0.293 e. The molecule has 0 atom stereocenters. The highest BCUT2D eigenvalue weighted by Crippen LogP contribution is 2.20. The molecule has 8 heteroatoms. The molecule has 2 heterocycles. The molecule has 0 N–H and O–H groups in total. The van der Waals surface area contributed by atoms with Crippen molar-refractivity contribution in [2.75, 3.05) is 31.1 Å². The van der Waals surface area contributed by atoms with Crippen molar-refractivity contribution in [2.24, 2.45) is 0 Å². The van der Waals surface area contributed by atoms with Crippen LogP contribution in [-0.2, 0) is 0 Å². The Labute approximate surface area is 161 Å². The molecule has 6 nitrogen and oxygen atoms in total.